The molecular formula is C15H21N5OS. The summed E-state index contributed by atoms with van der Waals surface area (Å²) < 4.78 is 1.39. The topological polar surface area (TPSA) is 85.8 Å². The quantitative estimate of drug-likeness (QED) is 0.652. The molecule has 0 spiro atoms. The fourth-order valence-corrected chi connectivity index (χ4v) is 2.88. The summed E-state index contributed by atoms with van der Waals surface area (Å²) in [7, 11) is 0. The number of amides is 1. The van der Waals surface area contributed by atoms with E-state index in [0.29, 0.717) is 11.0 Å². The number of aromatic nitrogens is 3. The van der Waals surface area contributed by atoms with Gasteiger partial charge in [0.1, 0.15) is 5.82 Å². The number of nitrogens with two attached hydrogens (primary N) is 1. The maximum atomic E-state index is 12.4. The highest BCUT2D eigenvalue weighted by Gasteiger charge is 2.19. The fraction of sp³-hybridized carbons (Fsp3) is 0.400. The number of rotatable bonds is 5. The molecule has 3 N–H and O–H groups in total. The number of anilines is 1. The molecule has 0 bridgehead atoms. The van der Waals surface area contributed by atoms with Crippen molar-refractivity contribution in [1.29, 1.82) is 0 Å². The van der Waals surface area contributed by atoms with Gasteiger partial charge in [-0.3, -0.25) is 4.79 Å². The number of aryl methyl sites for hydroxylation is 3. The van der Waals surface area contributed by atoms with Crippen LogP contribution < -0.4 is 11.2 Å². The number of thioether (sulfide) groups is 1. The molecule has 1 amide bonds. The second kappa shape index (κ2) is 6.83. The minimum Gasteiger partial charge on any atom is -0.336 e. The number of nitrogens with zero attached hydrogens (tertiary/aromatic N) is 3. The van der Waals surface area contributed by atoms with Gasteiger partial charge in [0.25, 0.3) is 0 Å². The van der Waals surface area contributed by atoms with Crippen LogP contribution >= 0.6 is 11.8 Å². The Hall–Kier alpha value is -2.02. The van der Waals surface area contributed by atoms with Gasteiger partial charge in [0.15, 0.2) is 0 Å². The maximum Gasteiger partial charge on any atom is 0.237 e. The monoisotopic (exact) mass is 319 g/mol. The van der Waals surface area contributed by atoms with Crippen molar-refractivity contribution in [3.05, 3.63) is 35.2 Å². The van der Waals surface area contributed by atoms with Crippen LogP contribution in [-0.2, 0) is 11.2 Å². The van der Waals surface area contributed by atoms with Crippen molar-refractivity contribution in [3.63, 3.8) is 0 Å². The van der Waals surface area contributed by atoms with Crippen molar-refractivity contribution in [1.82, 2.24) is 14.9 Å². The average molecular weight is 319 g/mol. The van der Waals surface area contributed by atoms with E-state index in [9.17, 15) is 4.79 Å². The molecule has 0 aliphatic carbocycles. The van der Waals surface area contributed by atoms with Crippen LogP contribution in [0.3, 0.4) is 0 Å². The van der Waals surface area contributed by atoms with E-state index in [2.05, 4.69) is 22.4 Å². The van der Waals surface area contributed by atoms with Gasteiger partial charge in [-0.05, 0) is 38.3 Å². The number of nitrogen functional groups attached to an aromatic ring is 1. The van der Waals surface area contributed by atoms with Crippen molar-refractivity contribution >= 4 is 23.4 Å². The highest BCUT2D eigenvalue weighted by molar-refractivity contribution is 8.00. The molecule has 0 saturated carbocycles. The molecule has 1 heterocycles. The summed E-state index contributed by atoms with van der Waals surface area (Å²) in [6.45, 7) is 7.66. The zero-order chi connectivity index (χ0) is 16.3. The Morgan fingerprint density at radius 1 is 1.41 bits per heavy atom. The molecule has 0 fully saturated rings. The van der Waals surface area contributed by atoms with E-state index in [-0.39, 0.29) is 11.2 Å². The Morgan fingerprint density at radius 2 is 2.14 bits per heavy atom. The van der Waals surface area contributed by atoms with Gasteiger partial charge in [-0.25, -0.2) is 4.68 Å². The maximum absolute atomic E-state index is 12.4. The van der Waals surface area contributed by atoms with E-state index >= 15 is 0 Å². The van der Waals surface area contributed by atoms with Gasteiger partial charge in [-0.2, -0.15) is 0 Å². The summed E-state index contributed by atoms with van der Waals surface area (Å²) in [5.74, 6) is 6.35. The lowest BCUT2D eigenvalue weighted by Crippen LogP contribution is -2.24. The van der Waals surface area contributed by atoms with Gasteiger partial charge < -0.3 is 11.2 Å². The van der Waals surface area contributed by atoms with Gasteiger partial charge in [-0.1, -0.05) is 36.9 Å². The van der Waals surface area contributed by atoms with Gasteiger partial charge >= 0.3 is 0 Å². The van der Waals surface area contributed by atoms with Crippen LogP contribution in [0.15, 0.2) is 23.4 Å². The molecule has 1 atom stereocenters. The van der Waals surface area contributed by atoms with Crippen LogP contribution in [0, 0.1) is 13.8 Å². The molecule has 1 aromatic carbocycles. The fourth-order valence-electron chi connectivity index (χ4n) is 2.07. The number of nitrogens with one attached hydrogen (secondary N) is 1. The first kappa shape index (κ1) is 16.4. The van der Waals surface area contributed by atoms with Gasteiger partial charge in [-0.15, -0.1) is 10.2 Å². The number of carbonyl (C=O) groups is 1. The lowest BCUT2D eigenvalue weighted by molar-refractivity contribution is -0.115. The Bertz CT molecular complexity index is 683. The molecule has 1 aromatic heterocycles. The highest BCUT2D eigenvalue weighted by atomic mass is 32.2. The first-order chi connectivity index (χ1) is 10.4. The molecule has 0 saturated heterocycles. The Morgan fingerprint density at radius 3 is 2.73 bits per heavy atom. The SMILES string of the molecule is CCc1cccc(C)c1NC(=O)[C@@H](C)Sc1nnc(C)n1N. The molecule has 0 radical (unpaired) electrons. The second-order valence-electron chi connectivity index (χ2n) is 5.11. The second-order valence-corrected chi connectivity index (χ2v) is 6.42. The van der Waals surface area contributed by atoms with Crippen molar-refractivity contribution in [2.45, 2.75) is 44.5 Å². The minimum atomic E-state index is -0.324. The predicted molar refractivity (Wildman–Crippen MR) is 89.4 cm³/mol. The molecule has 0 aliphatic heterocycles. The van der Waals surface area contributed by atoms with Crippen LogP contribution in [0.5, 0.6) is 0 Å². The summed E-state index contributed by atoms with van der Waals surface area (Å²) in [6, 6.07) is 6.02. The Balaban J connectivity index is 2.11. The van der Waals surface area contributed by atoms with Crippen LogP contribution in [-0.4, -0.2) is 26.0 Å². The summed E-state index contributed by atoms with van der Waals surface area (Å²) >= 11 is 1.29. The minimum absolute atomic E-state index is 0.0744. The van der Waals surface area contributed by atoms with Gasteiger partial charge in [0.05, 0.1) is 5.25 Å². The predicted octanol–water partition coefficient (Wildman–Crippen LogP) is 2.29. The number of benzene rings is 1. The smallest absolute Gasteiger partial charge is 0.237 e. The van der Waals surface area contributed by atoms with Crippen LogP contribution in [0.25, 0.3) is 0 Å². The number of para-hydroxylation sites is 1. The zero-order valence-corrected chi connectivity index (χ0v) is 14.1. The Kier molecular flexibility index (Phi) is 5.07. The first-order valence-corrected chi connectivity index (χ1v) is 8.05. The standard InChI is InChI=1S/C15H21N5OS/c1-5-12-8-6-7-9(2)13(12)17-14(21)10(3)22-15-19-18-11(4)20(15)16/h6-8,10H,5,16H2,1-4H3,(H,17,21)/t10-/m1/s1. The number of hydrogen-bond donors (Lipinski definition) is 2. The summed E-state index contributed by atoms with van der Waals surface area (Å²) in [4.78, 5) is 12.4. The number of carbonyl (C=O) groups excluding carboxylic acids is 1. The molecule has 2 rings (SSSR count). The van der Waals surface area contributed by atoms with E-state index in [0.717, 1.165) is 23.2 Å². The molecule has 0 unspecified atom stereocenters. The van der Waals surface area contributed by atoms with Crippen LogP contribution in [0.2, 0.25) is 0 Å². The van der Waals surface area contributed by atoms with Gasteiger partial charge in [0, 0.05) is 5.69 Å². The average Bonchev–Trinajstić information content (AvgIpc) is 2.81. The van der Waals surface area contributed by atoms with E-state index in [1.165, 1.54) is 16.4 Å². The van der Waals surface area contributed by atoms with Gasteiger partial charge in [0.2, 0.25) is 11.1 Å². The zero-order valence-electron chi connectivity index (χ0n) is 13.3. The number of hydrogen-bond acceptors (Lipinski definition) is 5. The Labute approximate surface area is 134 Å². The molecule has 6 nitrogen and oxygen atoms in total. The van der Waals surface area contributed by atoms with Crippen molar-refractivity contribution in [2.75, 3.05) is 11.2 Å². The normalized spacial score (nSPS) is 12.2. The molecule has 2 aromatic rings. The van der Waals surface area contributed by atoms with Crippen molar-refractivity contribution < 1.29 is 4.79 Å². The molecule has 118 valence electrons. The molecular weight excluding hydrogens is 298 g/mol. The first-order valence-electron chi connectivity index (χ1n) is 7.17. The van der Waals surface area contributed by atoms with E-state index in [1.807, 2.05) is 32.0 Å². The summed E-state index contributed by atoms with van der Waals surface area (Å²) in [6.07, 6.45) is 0.870. The molecule has 22 heavy (non-hydrogen) atoms. The molecule has 7 heteroatoms. The van der Waals surface area contributed by atoms with Crippen molar-refractivity contribution in [3.8, 4) is 0 Å². The largest absolute Gasteiger partial charge is 0.336 e. The highest BCUT2D eigenvalue weighted by Crippen LogP contribution is 2.25. The van der Waals surface area contributed by atoms with E-state index in [4.69, 9.17) is 5.84 Å². The summed E-state index contributed by atoms with van der Waals surface area (Å²) in [5, 5.41) is 11.1. The van der Waals surface area contributed by atoms with E-state index in [1.54, 1.807) is 6.92 Å². The third-order valence-electron chi connectivity index (χ3n) is 3.47. The van der Waals surface area contributed by atoms with Crippen LogP contribution in [0.4, 0.5) is 5.69 Å². The molecule has 0 aliphatic rings. The van der Waals surface area contributed by atoms with E-state index < -0.39 is 0 Å². The summed E-state index contributed by atoms with van der Waals surface area (Å²) in [5.41, 5.74) is 3.08. The lowest BCUT2D eigenvalue weighted by Gasteiger charge is -2.16. The third-order valence-corrected chi connectivity index (χ3v) is 4.53. The van der Waals surface area contributed by atoms with Crippen LogP contribution in [0.1, 0.15) is 30.8 Å². The third kappa shape index (κ3) is 3.41. The van der Waals surface area contributed by atoms with Crippen molar-refractivity contribution in [2.24, 2.45) is 0 Å². The lowest BCUT2D eigenvalue weighted by atomic mass is 10.1.